The van der Waals surface area contributed by atoms with Crippen LogP contribution in [-0.2, 0) is 6.42 Å². The van der Waals surface area contributed by atoms with Crippen molar-refractivity contribution in [2.45, 2.75) is 39.3 Å². The molecule has 1 N–H and O–H groups in total. The minimum absolute atomic E-state index is 0.102. The molecular weight excluding hydrogens is 257 g/mol. The van der Waals surface area contributed by atoms with Crippen LogP contribution in [0.1, 0.15) is 44.2 Å². The van der Waals surface area contributed by atoms with Gasteiger partial charge in [0, 0.05) is 0 Å². The van der Waals surface area contributed by atoms with Crippen molar-refractivity contribution in [2.24, 2.45) is 0 Å². The first-order valence-electron chi connectivity index (χ1n) is 6.87. The second-order valence-electron chi connectivity index (χ2n) is 4.94. The third kappa shape index (κ3) is 3.39. The first-order valence-corrected chi connectivity index (χ1v) is 6.87. The molecule has 108 valence electrons. The predicted molar refractivity (Wildman–Crippen MR) is 74.7 cm³/mol. The summed E-state index contributed by atoms with van der Waals surface area (Å²) in [4.78, 5) is 0. The Bertz CT molecular complexity index is 537. The number of nitrogens with zero attached hydrogens (tertiary/aromatic N) is 4. The van der Waals surface area contributed by atoms with Crippen LogP contribution in [0.3, 0.4) is 0 Å². The highest BCUT2D eigenvalue weighted by atomic mass is 19.1. The van der Waals surface area contributed by atoms with Gasteiger partial charge in [-0.15, -0.1) is 5.10 Å². The van der Waals surface area contributed by atoms with Gasteiger partial charge in [-0.25, -0.2) is 9.07 Å². The lowest BCUT2D eigenvalue weighted by Gasteiger charge is -2.17. The van der Waals surface area contributed by atoms with Gasteiger partial charge in [0.05, 0.1) is 12.1 Å². The number of nitrogens with one attached hydrogen (secondary N) is 1. The zero-order valence-electron chi connectivity index (χ0n) is 12.0. The molecule has 0 bridgehead atoms. The quantitative estimate of drug-likeness (QED) is 0.880. The standard InChI is InChI=1S/C14H20FN5/c1-4-16-11(3)14-17-18-19-20(14)10(2)9-12-5-7-13(15)8-6-12/h5-8,10-11,16H,4,9H2,1-3H3. The third-order valence-corrected chi connectivity index (χ3v) is 3.28. The number of benzene rings is 1. The van der Waals surface area contributed by atoms with Gasteiger partial charge in [-0.05, 0) is 54.9 Å². The SMILES string of the molecule is CCNC(C)c1nnnn1C(C)Cc1ccc(F)cc1. The molecule has 2 atom stereocenters. The van der Waals surface area contributed by atoms with Gasteiger partial charge >= 0.3 is 0 Å². The number of aromatic nitrogens is 4. The Labute approximate surface area is 118 Å². The Kier molecular flexibility index (Phi) is 4.79. The molecule has 5 nitrogen and oxygen atoms in total. The maximum atomic E-state index is 12.9. The van der Waals surface area contributed by atoms with E-state index in [1.54, 1.807) is 12.1 Å². The van der Waals surface area contributed by atoms with Crippen LogP contribution in [0, 0.1) is 5.82 Å². The summed E-state index contributed by atoms with van der Waals surface area (Å²) in [5.41, 5.74) is 1.07. The third-order valence-electron chi connectivity index (χ3n) is 3.28. The van der Waals surface area contributed by atoms with Crippen LogP contribution in [0.15, 0.2) is 24.3 Å². The lowest BCUT2D eigenvalue weighted by Crippen LogP contribution is -2.24. The van der Waals surface area contributed by atoms with Gasteiger partial charge in [-0.1, -0.05) is 19.1 Å². The van der Waals surface area contributed by atoms with Crippen LogP contribution < -0.4 is 5.32 Å². The van der Waals surface area contributed by atoms with Crippen LogP contribution in [0.5, 0.6) is 0 Å². The van der Waals surface area contributed by atoms with E-state index in [0.29, 0.717) is 0 Å². The Morgan fingerprint density at radius 1 is 1.25 bits per heavy atom. The number of rotatable bonds is 6. The van der Waals surface area contributed by atoms with E-state index < -0.39 is 0 Å². The summed E-state index contributed by atoms with van der Waals surface area (Å²) in [5.74, 6) is 0.603. The summed E-state index contributed by atoms with van der Waals surface area (Å²) in [6.45, 7) is 7.01. The molecule has 0 saturated carbocycles. The molecule has 0 radical (unpaired) electrons. The first kappa shape index (κ1) is 14.6. The lowest BCUT2D eigenvalue weighted by molar-refractivity contribution is 0.428. The molecule has 20 heavy (non-hydrogen) atoms. The lowest BCUT2D eigenvalue weighted by atomic mass is 10.1. The van der Waals surface area contributed by atoms with Crippen molar-refractivity contribution in [3.63, 3.8) is 0 Å². The number of hydrogen-bond acceptors (Lipinski definition) is 4. The summed E-state index contributed by atoms with van der Waals surface area (Å²) >= 11 is 0. The average Bonchev–Trinajstić information content (AvgIpc) is 2.91. The van der Waals surface area contributed by atoms with Crippen molar-refractivity contribution in [1.82, 2.24) is 25.5 Å². The van der Waals surface area contributed by atoms with E-state index in [2.05, 4.69) is 27.8 Å². The Morgan fingerprint density at radius 3 is 2.60 bits per heavy atom. The fraction of sp³-hybridized carbons (Fsp3) is 0.500. The van der Waals surface area contributed by atoms with E-state index in [1.165, 1.54) is 12.1 Å². The van der Waals surface area contributed by atoms with Crippen molar-refractivity contribution < 1.29 is 4.39 Å². The van der Waals surface area contributed by atoms with Crippen LogP contribution in [-0.4, -0.2) is 26.8 Å². The van der Waals surface area contributed by atoms with Gasteiger partial charge in [0.1, 0.15) is 5.82 Å². The largest absolute Gasteiger partial charge is 0.308 e. The molecule has 0 aliphatic heterocycles. The van der Waals surface area contributed by atoms with Crippen LogP contribution in [0.25, 0.3) is 0 Å². The topological polar surface area (TPSA) is 55.6 Å². The average molecular weight is 277 g/mol. The van der Waals surface area contributed by atoms with Crippen LogP contribution in [0.4, 0.5) is 4.39 Å². The molecule has 0 spiro atoms. The van der Waals surface area contributed by atoms with Crippen LogP contribution in [0.2, 0.25) is 0 Å². The molecule has 0 fully saturated rings. The molecule has 2 aromatic rings. The van der Waals surface area contributed by atoms with E-state index in [0.717, 1.165) is 24.4 Å². The zero-order chi connectivity index (χ0) is 14.5. The molecule has 2 unspecified atom stereocenters. The fourth-order valence-corrected chi connectivity index (χ4v) is 2.25. The summed E-state index contributed by atoms with van der Waals surface area (Å²) < 4.78 is 14.7. The molecule has 1 aromatic carbocycles. The number of halogens is 1. The fourth-order valence-electron chi connectivity index (χ4n) is 2.25. The number of tetrazole rings is 1. The van der Waals surface area contributed by atoms with E-state index in [4.69, 9.17) is 0 Å². The van der Waals surface area contributed by atoms with Gasteiger partial charge in [-0.3, -0.25) is 0 Å². The predicted octanol–water partition coefficient (Wildman–Crippen LogP) is 2.29. The van der Waals surface area contributed by atoms with E-state index in [9.17, 15) is 4.39 Å². The Hall–Kier alpha value is -1.82. The van der Waals surface area contributed by atoms with E-state index >= 15 is 0 Å². The van der Waals surface area contributed by atoms with E-state index in [-0.39, 0.29) is 17.9 Å². The summed E-state index contributed by atoms with van der Waals surface area (Å²) in [6.07, 6.45) is 0.761. The Morgan fingerprint density at radius 2 is 1.95 bits per heavy atom. The molecule has 0 aliphatic carbocycles. The minimum atomic E-state index is -0.217. The van der Waals surface area contributed by atoms with Crippen molar-refractivity contribution >= 4 is 0 Å². The molecular formula is C14H20FN5. The maximum Gasteiger partial charge on any atom is 0.168 e. The molecule has 6 heteroatoms. The van der Waals surface area contributed by atoms with Gasteiger partial charge in [0.2, 0.25) is 0 Å². The highest BCUT2D eigenvalue weighted by Gasteiger charge is 2.18. The summed E-state index contributed by atoms with van der Waals surface area (Å²) in [6, 6.07) is 6.76. The highest BCUT2D eigenvalue weighted by molar-refractivity contribution is 5.17. The molecule has 1 heterocycles. The zero-order valence-corrected chi connectivity index (χ0v) is 12.0. The van der Waals surface area contributed by atoms with Gasteiger partial charge in [0.15, 0.2) is 5.82 Å². The summed E-state index contributed by atoms with van der Waals surface area (Å²) in [5, 5.41) is 15.2. The smallest absolute Gasteiger partial charge is 0.168 e. The van der Waals surface area contributed by atoms with Gasteiger partial charge < -0.3 is 5.32 Å². The van der Waals surface area contributed by atoms with Gasteiger partial charge in [0.25, 0.3) is 0 Å². The van der Waals surface area contributed by atoms with Crippen molar-refractivity contribution in [3.05, 3.63) is 41.5 Å². The maximum absolute atomic E-state index is 12.9. The highest BCUT2D eigenvalue weighted by Crippen LogP contribution is 2.17. The normalized spacial score (nSPS) is 14.2. The van der Waals surface area contributed by atoms with Crippen LogP contribution >= 0.6 is 0 Å². The molecule has 0 amide bonds. The van der Waals surface area contributed by atoms with Crippen molar-refractivity contribution in [3.8, 4) is 0 Å². The second-order valence-corrected chi connectivity index (χ2v) is 4.94. The van der Waals surface area contributed by atoms with Crippen molar-refractivity contribution in [1.29, 1.82) is 0 Å². The first-order chi connectivity index (χ1) is 9.61. The Balaban J connectivity index is 2.11. The van der Waals surface area contributed by atoms with Gasteiger partial charge in [-0.2, -0.15) is 0 Å². The molecule has 0 saturated heterocycles. The van der Waals surface area contributed by atoms with E-state index in [1.807, 2.05) is 18.5 Å². The summed E-state index contributed by atoms with van der Waals surface area (Å²) in [7, 11) is 0. The second kappa shape index (κ2) is 6.56. The minimum Gasteiger partial charge on any atom is -0.308 e. The molecule has 1 aromatic heterocycles. The molecule has 0 aliphatic rings. The van der Waals surface area contributed by atoms with Crippen molar-refractivity contribution in [2.75, 3.05) is 6.54 Å². The number of hydrogen-bond donors (Lipinski definition) is 1. The molecule has 2 rings (SSSR count). The monoisotopic (exact) mass is 277 g/mol.